The normalized spacial score (nSPS) is 17.4. The first-order valence-electron chi connectivity index (χ1n) is 6.38. The van der Waals surface area contributed by atoms with Gasteiger partial charge in [-0.05, 0) is 42.3 Å². The van der Waals surface area contributed by atoms with Crippen molar-refractivity contribution in [3.05, 3.63) is 56.8 Å². The van der Waals surface area contributed by atoms with E-state index in [0.717, 1.165) is 17.7 Å². The largest absolute Gasteiger partial charge is 0.376 e. The summed E-state index contributed by atoms with van der Waals surface area (Å²) in [7, 11) is 0. The Morgan fingerprint density at radius 2 is 1.81 bits per heavy atom. The van der Waals surface area contributed by atoms with E-state index in [1.165, 1.54) is 17.0 Å². The third-order valence-electron chi connectivity index (χ3n) is 3.34. The maximum atomic E-state index is 13.3. The van der Waals surface area contributed by atoms with Crippen molar-refractivity contribution < 1.29 is 4.39 Å². The van der Waals surface area contributed by atoms with Crippen LogP contribution in [0.4, 0.5) is 10.1 Å². The minimum atomic E-state index is -0.446. The summed E-state index contributed by atoms with van der Waals surface area (Å²) in [5.41, 5.74) is 1.68. The molecule has 1 aliphatic rings. The maximum absolute atomic E-state index is 13.3. The molecule has 2 aromatic rings. The van der Waals surface area contributed by atoms with Crippen LogP contribution in [0.15, 0.2) is 35.2 Å². The molecule has 110 valence electrons. The molecule has 2 aromatic carbocycles. The Labute approximate surface area is 141 Å². The van der Waals surface area contributed by atoms with Crippen LogP contribution >= 0.6 is 46.6 Å². The van der Waals surface area contributed by atoms with Crippen molar-refractivity contribution in [1.29, 1.82) is 0 Å². The van der Waals surface area contributed by atoms with Crippen LogP contribution in [0.25, 0.3) is 0 Å². The Balaban J connectivity index is 1.96. The molecule has 0 saturated carbocycles. The Morgan fingerprint density at radius 1 is 1.10 bits per heavy atom. The van der Waals surface area contributed by atoms with Gasteiger partial charge in [-0.2, -0.15) is 0 Å². The van der Waals surface area contributed by atoms with E-state index in [-0.39, 0.29) is 16.1 Å². The van der Waals surface area contributed by atoms with E-state index in [1.807, 2.05) is 18.2 Å². The second-order valence-corrected chi connectivity index (χ2v) is 7.15. The average Bonchev–Trinajstić information content (AvgIpc) is 2.43. The molecule has 1 unspecified atom stereocenters. The number of halogens is 4. The summed E-state index contributed by atoms with van der Waals surface area (Å²) in [4.78, 5) is 1.19. The number of fused-ring (bicyclic) bond motifs is 1. The van der Waals surface area contributed by atoms with Crippen LogP contribution in [-0.4, -0.2) is 5.75 Å². The van der Waals surface area contributed by atoms with Crippen molar-refractivity contribution in [1.82, 2.24) is 0 Å². The number of anilines is 1. The van der Waals surface area contributed by atoms with Gasteiger partial charge in [0.2, 0.25) is 0 Å². The van der Waals surface area contributed by atoms with Gasteiger partial charge < -0.3 is 5.32 Å². The molecule has 0 bridgehead atoms. The molecule has 21 heavy (non-hydrogen) atoms. The van der Waals surface area contributed by atoms with Gasteiger partial charge in [0, 0.05) is 15.7 Å². The van der Waals surface area contributed by atoms with Crippen molar-refractivity contribution in [2.24, 2.45) is 0 Å². The van der Waals surface area contributed by atoms with Crippen LogP contribution in [0.2, 0.25) is 15.1 Å². The first kappa shape index (κ1) is 15.3. The number of nitrogens with one attached hydrogen (secondary N) is 1. The monoisotopic (exact) mass is 361 g/mol. The van der Waals surface area contributed by atoms with Crippen LogP contribution in [0, 0.1) is 5.82 Å². The van der Waals surface area contributed by atoms with Crippen LogP contribution in [0.1, 0.15) is 18.0 Å². The highest BCUT2D eigenvalue weighted by Gasteiger charge is 2.22. The summed E-state index contributed by atoms with van der Waals surface area (Å²) in [6.07, 6.45) is 0.919. The van der Waals surface area contributed by atoms with Gasteiger partial charge in [-0.25, -0.2) is 4.39 Å². The van der Waals surface area contributed by atoms with E-state index in [1.54, 1.807) is 11.8 Å². The summed E-state index contributed by atoms with van der Waals surface area (Å²) < 4.78 is 13.3. The summed E-state index contributed by atoms with van der Waals surface area (Å²) in [6, 6.07) is 8.42. The molecule has 1 N–H and O–H groups in total. The molecule has 1 nitrogen and oxygen atoms in total. The number of thioether (sulfide) groups is 1. The van der Waals surface area contributed by atoms with Crippen molar-refractivity contribution in [2.75, 3.05) is 11.1 Å². The summed E-state index contributed by atoms with van der Waals surface area (Å²) in [6.45, 7) is 0. The topological polar surface area (TPSA) is 12.0 Å². The van der Waals surface area contributed by atoms with Gasteiger partial charge >= 0.3 is 0 Å². The van der Waals surface area contributed by atoms with Crippen molar-refractivity contribution >= 4 is 52.3 Å². The number of rotatable bonds is 2. The van der Waals surface area contributed by atoms with E-state index in [4.69, 9.17) is 34.8 Å². The van der Waals surface area contributed by atoms with E-state index >= 15 is 0 Å². The standard InChI is InChI=1S/C15H11Cl3FNS/c16-8-1-2-14-10(5-8)13(3-4-21-14)20-15-11(17)6-9(19)7-12(15)18/h1-2,5-7,13,20H,3-4H2. The van der Waals surface area contributed by atoms with E-state index in [0.29, 0.717) is 10.7 Å². The summed E-state index contributed by atoms with van der Waals surface area (Å²) in [5, 5.41) is 4.58. The Hall–Kier alpha value is -0.610. The summed E-state index contributed by atoms with van der Waals surface area (Å²) in [5.74, 6) is 0.543. The molecule has 6 heteroatoms. The molecule has 0 saturated heterocycles. The zero-order valence-electron chi connectivity index (χ0n) is 10.8. The van der Waals surface area contributed by atoms with Crippen LogP contribution in [-0.2, 0) is 0 Å². The number of hydrogen-bond acceptors (Lipinski definition) is 2. The lowest BCUT2D eigenvalue weighted by Crippen LogP contribution is -2.16. The lowest BCUT2D eigenvalue weighted by Gasteiger charge is -2.27. The van der Waals surface area contributed by atoms with Crippen LogP contribution < -0.4 is 5.32 Å². The van der Waals surface area contributed by atoms with Crippen molar-refractivity contribution in [3.8, 4) is 0 Å². The zero-order valence-corrected chi connectivity index (χ0v) is 13.9. The Morgan fingerprint density at radius 3 is 2.52 bits per heavy atom. The molecular formula is C15H11Cl3FNS. The molecule has 0 aliphatic carbocycles. The molecule has 0 radical (unpaired) electrons. The van der Waals surface area contributed by atoms with Crippen molar-refractivity contribution in [2.45, 2.75) is 17.4 Å². The molecular weight excluding hydrogens is 352 g/mol. The highest BCUT2D eigenvalue weighted by atomic mass is 35.5. The fourth-order valence-electron chi connectivity index (χ4n) is 2.37. The Bertz CT molecular complexity index is 670. The SMILES string of the molecule is Fc1cc(Cl)c(NC2CCSc3ccc(Cl)cc32)c(Cl)c1. The third kappa shape index (κ3) is 3.26. The average molecular weight is 363 g/mol. The number of hydrogen-bond donors (Lipinski definition) is 1. The molecule has 0 aromatic heterocycles. The van der Waals surface area contributed by atoms with Gasteiger partial charge in [0.15, 0.2) is 0 Å². The minimum Gasteiger partial charge on any atom is -0.376 e. The minimum absolute atomic E-state index is 0.0559. The quantitative estimate of drug-likeness (QED) is 0.660. The van der Waals surface area contributed by atoms with Gasteiger partial charge in [-0.3, -0.25) is 0 Å². The fourth-order valence-corrected chi connectivity index (χ4v) is 4.23. The van der Waals surface area contributed by atoms with Gasteiger partial charge in [0.1, 0.15) is 5.82 Å². The molecule has 1 aliphatic heterocycles. The Kier molecular flexibility index (Phi) is 4.55. The maximum Gasteiger partial charge on any atom is 0.126 e. The molecule has 1 atom stereocenters. The molecule has 0 spiro atoms. The first-order valence-corrected chi connectivity index (χ1v) is 8.50. The van der Waals surface area contributed by atoms with Crippen LogP contribution in [0.5, 0.6) is 0 Å². The molecule has 0 amide bonds. The first-order chi connectivity index (χ1) is 10.0. The second-order valence-electron chi connectivity index (χ2n) is 4.76. The summed E-state index contributed by atoms with van der Waals surface area (Å²) >= 11 is 20.1. The smallest absolute Gasteiger partial charge is 0.126 e. The number of benzene rings is 2. The second kappa shape index (κ2) is 6.25. The molecule has 3 rings (SSSR count). The van der Waals surface area contributed by atoms with Gasteiger partial charge in [0.25, 0.3) is 0 Å². The highest BCUT2D eigenvalue weighted by molar-refractivity contribution is 7.99. The predicted molar refractivity (Wildman–Crippen MR) is 89.6 cm³/mol. The van der Waals surface area contributed by atoms with Gasteiger partial charge in [-0.1, -0.05) is 34.8 Å². The lowest BCUT2D eigenvalue weighted by molar-refractivity contribution is 0.628. The van der Waals surface area contributed by atoms with E-state index in [9.17, 15) is 4.39 Å². The molecule has 1 heterocycles. The van der Waals surface area contributed by atoms with Crippen molar-refractivity contribution in [3.63, 3.8) is 0 Å². The van der Waals surface area contributed by atoms with Gasteiger partial charge in [-0.15, -0.1) is 11.8 Å². The van der Waals surface area contributed by atoms with E-state index in [2.05, 4.69) is 5.32 Å². The third-order valence-corrected chi connectivity index (χ3v) is 5.29. The van der Waals surface area contributed by atoms with Crippen LogP contribution in [0.3, 0.4) is 0 Å². The van der Waals surface area contributed by atoms with E-state index < -0.39 is 5.82 Å². The predicted octanol–water partition coefficient (Wildman–Crippen LogP) is 6.43. The highest BCUT2D eigenvalue weighted by Crippen LogP contribution is 2.41. The zero-order chi connectivity index (χ0) is 15.0. The lowest BCUT2D eigenvalue weighted by atomic mass is 10.0. The fraction of sp³-hybridized carbons (Fsp3) is 0.200. The van der Waals surface area contributed by atoms with Gasteiger partial charge in [0.05, 0.1) is 21.8 Å². The molecule has 0 fully saturated rings.